The van der Waals surface area contributed by atoms with Crippen molar-refractivity contribution in [1.29, 1.82) is 0 Å². The molecule has 2 heterocycles. The minimum Gasteiger partial charge on any atom is -0.389 e. The van der Waals surface area contributed by atoms with Crippen molar-refractivity contribution in [2.24, 2.45) is 0 Å². The third-order valence-electron chi connectivity index (χ3n) is 3.74. The second-order valence-corrected chi connectivity index (χ2v) is 7.00. The van der Waals surface area contributed by atoms with E-state index in [0.29, 0.717) is 0 Å². The molecule has 158 valence electrons. The quantitative estimate of drug-likeness (QED) is 0.517. The summed E-state index contributed by atoms with van der Waals surface area (Å²) in [5.41, 5.74) is -2.06. The van der Waals surface area contributed by atoms with Crippen LogP contribution in [-0.2, 0) is 6.18 Å². The molecule has 0 bridgehead atoms. The van der Waals surface area contributed by atoms with Crippen molar-refractivity contribution in [3.63, 3.8) is 0 Å². The smallest absolute Gasteiger partial charge is 0.389 e. The lowest BCUT2D eigenvalue weighted by Gasteiger charge is -2.18. The third-order valence-corrected chi connectivity index (χ3v) is 3.74. The number of halogens is 4. The summed E-state index contributed by atoms with van der Waals surface area (Å²) in [5, 5.41) is 15.4. The summed E-state index contributed by atoms with van der Waals surface area (Å²) in [6, 6.07) is 7.90. The zero-order valence-electron chi connectivity index (χ0n) is 16.0. The van der Waals surface area contributed by atoms with Crippen molar-refractivity contribution in [1.82, 2.24) is 19.9 Å². The summed E-state index contributed by atoms with van der Waals surface area (Å²) in [6.45, 7) is 3.20. The normalized spacial score (nSPS) is 12.0. The van der Waals surface area contributed by atoms with Crippen LogP contribution in [0.3, 0.4) is 0 Å². The highest BCUT2D eigenvalue weighted by Crippen LogP contribution is 2.29. The molecular weight excluding hydrogens is 404 g/mol. The first-order chi connectivity index (χ1) is 14.0. The van der Waals surface area contributed by atoms with Gasteiger partial charge in [0.05, 0.1) is 11.2 Å². The highest BCUT2D eigenvalue weighted by Gasteiger charge is 2.32. The van der Waals surface area contributed by atoms with Crippen LogP contribution in [0, 0.1) is 5.82 Å². The molecule has 0 spiro atoms. The molecule has 0 amide bonds. The van der Waals surface area contributed by atoms with Gasteiger partial charge in [0, 0.05) is 18.4 Å². The van der Waals surface area contributed by atoms with E-state index in [1.165, 1.54) is 24.3 Å². The Hall–Kier alpha value is -3.34. The molecule has 3 aromatic rings. The first kappa shape index (κ1) is 21.4. The van der Waals surface area contributed by atoms with Crippen LogP contribution in [0.15, 0.2) is 42.6 Å². The number of pyridine rings is 1. The molecule has 0 aliphatic rings. The SMILES string of the molecule is CC(C)(O)CNc1nc(Nc2ccnc(C(F)(F)F)c2)nc(-c2ccccc2F)n1. The molecule has 0 saturated carbocycles. The third kappa shape index (κ3) is 5.60. The predicted molar refractivity (Wildman–Crippen MR) is 103 cm³/mol. The van der Waals surface area contributed by atoms with Crippen LogP contribution in [0.2, 0.25) is 0 Å². The van der Waals surface area contributed by atoms with E-state index in [2.05, 4.69) is 30.6 Å². The summed E-state index contributed by atoms with van der Waals surface area (Å²) in [7, 11) is 0. The minimum atomic E-state index is -4.62. The van der Waals surface area contributed by atoms with Gasteiger partial charge in [0.25, 0.3) is 0 Å². The van der Waals surface area contributed by atoms with E-state index in [1.54, 1.807) is 19.9 Å². The van der Waals surface area contributed by atoms with Crippen LogP contribution < -0.4 is 10.6 Å². The van der Waals surface area contributed by atoms with E-state index in [-0.39, 0.29) is 35.5 Å². The summed E-state index contributed by atoms with van der Waals surface area (Å²) >= 11 is 0. The predicted octanol–water partition coefficient (Wildman–Crippen LogP) is 4.02. The van der Waals surface area contributed by atoms with Crippen molar-refractivity contribution in [2.45, 2.75) is 25.6 Å². The molecule has 3 rings (SSSR count). The Bertz CT molecular complexity index is 1040. The molecule has 1 aromatic carbocycles. The lowest BCUT2D eigenvalue weighted by molar-refractivity contribution is -0.141. The van der Waals surface area contributed by atoms with E-state index >= 15 is 0 Å². The first-order valence-corrected chi connectivity index (χ1v) is 8.79. The molecule has 2 aromatic heterocycles. The van der Waals surface area contributed by atoms with Crippen molar-refractivity contribution in [3.8, 4) is 11.4 Å². The van der Waals surface area contributed by atoms with Crippen molar-refractivity contribution in [3.05, 3.63) is 54.1 Å². The van der Waals surface area contributed by atoms with Gasteiger partial charge in [0.15, 0.2) is 5.82 Å². The van der Waals surface area contributed by atoms with Crippen molar-refractivity contribution < 1.29 is 22.7 Å². The van der Waals surface area contributed by atoms with Gasteiger partial charge in [0.2, 0.25) is 11.9 Å². The van der Waals surface area contributed by atoms with Crippen LogP contribution in [0.5, 0.6) is 0 Å². The average Bonchev–Trinajstić information content (AvgIpc) is 2.66. The molecule has 7 nitrogen and oxygen atoms in total. The van der Waals surface area contributed by atoms with Gasteiger partial charge in [-0.15, -0.1) is 0 Å². The number of nitrogens with one attached hydrogen (secondary N) is 2. The number of benzene rings is 1. The van der Waals surface area contributed by atoms with Crippen LogP contribution in [0.4, 0.5) is 35.1 Å². The Labute approximate surface area is 169 Å². The maximum Gasteiger partial charge on any atom is 0.433 e. The fourth-order valence-corrected chi connectivity index (χ4v) is 2.36. The topological polar surface area (TPSA) is 95.8 Å². The number of hydrogen-bond donors (Lipinski definition) is 3. The van der Waals surface area contributed by atoms with E-state index in [9.17, 15) is 22.7 Å². The maximum atomic E-state index is 14.2. The van der Waals surface area contributed by atoms with E-state index < -0.39 is 23.3 Å². The maximum absolute atomic E-state index is 14.2. The number of rotatable bonds is 6. The lowest BCUT2D eigenvalue weighted by Crippen LogP contribution is -2.30. The van der Waals surface area contributed by atoms with Crippen LogP contribution in [0.25, 0.3) is 11.4 Å². The highest BCUT2D eigenvalue weighted by atomic mass is 19.4. The molecule has 0 aliphatic heterocycles. The second kappa shape index (κ2) is 8.19. The number of anilines is 3. The van der Waals surface area contributed by atoms with Gasteiger partial charge in [-0.2, -0.15) is 28.1 Å². The monoisotopic (exact) mass is 422 g/mol. The zero-order chi connectivity index (χ0) is 21.9. The Kier molecular flexibility index (Phi) is 5.83. The molecular formula is C19H18F4N6O. The van der Waals surface area contributed by atoms with Gasteiger partial charge in [-0.3, -0.25) is 4.98 Å². The molecule has 0 aliphatic carbocycles. The van der Waals surface area contributed by atoms with Gasteiger partial charge < -0.3 is 15.7 Å². The summed E-state index contributed by atoms with van der Waals surface area (Å²) in [5.74, 6) is -0.709. The second-order valence-electron chi connectivity index (χ2n) is 7.00. The fraction of sp³-hybridized carbons (Fsp3) is 0.263. The van der Waals surface area contributed by atoms with Crippen molar-refractivity contribution >= 4 is 17.6 Å². The largest absolute Gasteiger partial charge is 0.433 e. The van der Waals surface area contributed by atoms with Gasteiger partial charge in [-0.1, -0.05) is 12.1 Å². The van der Waals surface area contributed by atoms with Gasteiger partial charge in [0.1, 0.15) is 11.5 Å². The number of aromatic nitrogens is 4. The van der Waals surface area contributed by atoms with Crippen LogP contribution in [0.1, 0.15) is 19.5 Å². The number of hydrogen-bond acceptors (Lipinski definition) is 7. The summed E-state index contributed by atoms with van der Waals surface area (Å²) in [4.78, 5) is 15.7. The van der Waals surface area contributed by atoms with Gasteiger partial charge >= 0.3 is 6.18 Å². The Balaban J connectivity index is 1.99. The average molecular weight is 422 g/mol. The first-order valence-electron chi connectivity index (χ1n) is 8.79. The summed E-state index contributed by atoms with van der Waals surface area (Å²) in [6.07, 6.45) is -3.62. The number of alkyl halides is 3. The molecule has 0 fully saturated rings. The van der Waals surface area contributed by atoms with E-state index in [0.717, 1.165) is 12.3 Å². The van der Waals surface area contributed by atoms with Crippen LogP contribution in [-0.4, -0.2) is 37.2 Å². The lowest BCUT2D eigenvalue weighted by atomic mass is 10.1. The molecule has 0 unspecified atom stereocenters. The van der Waals surface area contributed by atoms with Crippen LogP contribution >= 0.6 is 0 Å². The molecule has 0 radical (unpaired) electrons. The number of nitrogens with zero attached hydrogens (tertiary/aromatic N) is 4. The molecule has 11 heteroatoms. The van der Waals surface area contributed by atoms with E-state index in [1.807, 2.05) is 0 Å². The minimum absolute atomic E-state index is 0.0120. The Morgan fingerprint density at radius 1 is 1.00 bits per heavy atom. The fourth-order valence-electron chi connectivity index (χ4n) is 2.36. The highest BCUT2D eigenvalue weighted by molar-refractivity contribution is 5.61. The molecule has 3 N–H and O–H groups in total. The van der Waals surface area contributed by atoms with Gasteiger partial charge in [-0.25, -0.2) is 4.39 Å². The van der Waals surface area contributed by atoms with Gasteiger partial charge in [-0.05, 0) is 38.1 Å². The molecule has 0 saturated heterocycles. The van der Waals surface area contributed by atoms with E-state index in [4.69, 9.17) is 0 Å². The zero-order valence-corrected chi connectivity index (χ0v) is 16.0. The Morgan fingerprint density at radius 2 is 1.70 bits per heavy atom. The standard InChI is InChI=1S/C19H18F4N6O/c1-18(2,30)10-25-16-27-15(12-5-3-4-6-13(12)20)28-17(29-16)26-11-7-8-24-14(9-11)19(21,22)23/h3-9,30H,10H2,1-2H3,(H2,24,25,26,27,28,29). The summed E-state index contributed by atoms with van der Waals surface area (Å²) < 4.78 is 52.9. The Morgan fingerprint density at radius 3 is 2.37 bits per heavy atom. The van der Waals surface area contributed by atoms with Crippen molar-refractivity contribution in [2.75, 3.05) is 17.2 Å². The molecule has 0 atom stereocenters. The molecule has 30 heavy (non-hydrogen) atoms. The number of aliphatic hydroxyl groups is 1.